The van der Waals surface area contributed by atoms with Crippen LogP contribution < -0.4 is 5.73 Å². The fourth-order valence-electron chi connectivity index (χ4n) is 4.05. The lowest BCUT2D eigenvalue weighted by molar-refractivity contribution is 0.381. The minimum atomic E-state index is 0.540. The van der Waals surface area contributed by atoms with Gasteiger partial charge in [-0.2, -0.15) is 0 Å². The van der Waals surface area contributed by atoms with E-state index in [9.17, 15) is 0 Å². The number of fused-ring (bicyclic) bond motifs is 1. The van der Waals surface area contributed by atoms with Crippen molar-refractivity contribution in [2.24, 2.45) is 11.8 Å². The quantitative estimate of drug-likeness (QED) is 0.890. The molecule has 1 aromatic heterocycles. The van der Waals surface area contributed by atoms with E-state index in [0.717, 1.165) is 23.2 Å². The molecule has 20 heavy (non-hydrogen) atoms. The van der Waals surface area contributed by atoms with Crippen LogP contribution in [0.5, 0.6) is 0 Å². The maximum Gasteiger partial charge on any atom is 0.175 e. The summed E-state index contributed by atoms with van der Waals surface area (Å²) in [7, 11) is 0. The van der Waals surface area contributed by atoms with Crippen LogP contribution in [0.3, 0.4) is 0 Å². The molecule has 0 radical (unpaired) electrons. The second-order valence-electron chi connectivity index (χ2n) is 6.26. The molecule has 1 heterocycles. The zero-order chi connectivity index (χ0) is 13.7. The first-order valence-electron chi connectivity index (χ1n) is 7.58. The Morgan fingerprint density at radius 1 is 1.15 bits per heavy atom. The summed E-state index contributed by atoms with van der Waals surface area (Å²) < 4.78 is 5.65. The van der Waals surface area contributed by atoms with E-state index in [1.807, 2.05) is 0 Å². The zero-order valence-electron chi connectivity index (χ0n) is 11.8. The Labute approximate surface area is 119 Å². The van der Waals surface area contributed by atoms with Crippen LogP contribution in [0.2, 0.25) is 0 Å². The molecule has 1 aromatic carbocycles. The standard InChI is InChI=1S/C17H20N2O/c1-10-6-2-3-7-11(10)15-16(20-19-17(15)18)14-12-8-4-5-9-13(12)14/h2-3,6-7,12-14H,4-5,8-9H2,1H3,(H2,18,19). The molecule has 2 unspecified atom stereocenters. The van der Waals surface area contributed by atoms with Crippen molar-refractivity contribution in [1.82, 2.24) is 5.16 Å². The van der Waals surface area contributed by atoms with Crippen LogP contribution >= 0.6 is 0 Å². The summed E-state index contributed by atoms with van der Waals surface area (Å²) in [5, 5.41) is 4.06. The van der Waals surface area contributed by atoms with E-state index < -0.39 is 0 Å². The molecule has 104 valence electrons. The summed E-state index contributed by atoms with van der Waals surface area (Å²) >= 11 is 0. The predicted octanol–water partition coefficient (Wildman–Crippen LogP) is 4.14. The van der Waals surface area contributed by atoms with Gasteiger partial charge in [0.15, 0.2) is 5.82 Å². The summed E-state index contributed by atoms with van der Waals surface area (Å²) in [5.41, 5.74) is 9.54. The van der Waals surface area contributed by atoms with Gasteiger partial charge in [0.05, 0.1) is 5.56 Å². The van der Waals surface area contributed by atoms with Crippen molar-refractivity contribution in [1.29, 1.82) is 0 Å². The van der Waals surface area contributed by atoms with Crippen molar-refractivity contribution in [3.05, 3.63) is 35.6 Å². The normalized spacial score (nSPS) is 28.1. The van der Waals surface area contributed by atoms with Crippen LogP contribution in [0.4, 0.5) is 5.82 Å². The van der Waals surface area contributed by atoms with E-state index in [2.05, 4.69) is 36.3 Å². The van der Waals surface area contributed by atoms with Gasteiger partial charge in [-0.3, -0.25) is 0 Å². The van der Waals surface area contributed by atoms with E-state index in [0.29, 0.717) is 11.7 Å². The van der Waals surface area contributed by atoms with Crippen LogP contribution in [0, 0.1) is 18.8 Å². The Morgan fingerprint density at radius 3 is 2.55 bits per heavy atom. The van der Waals surface area contributed by atoms with Gasteiger partial charge in [0, 0.05) is 5.92 Å². The first-order valence-corrected chi connectivity index (χ1v) is 7.58. The van der Waals surface area contributed by atoms with Gasteiger partial charge in [0.1, 0.15) is 5.76 Å². The number of nitrogen functional groups attached to an aromatic ring is 1. The Bertz CT molecular complexity index is 634. The van der Waals surface area contributed by atoms with E-state index >= 15 is 0 Å². The van der Waals surface area contributed by atoms with Gasteiger partial charge in [0.25, 0.3) is 0 Å². The molecule has 2 fully saturated rings. The number of hydrogen-bond acceptors (Lipinski definition) is 3. The Morgan fingerprint density at radius 2 is 1.85 bits per heavy atom. The van der Waals surface area contributed by atoms with E-state index in [-0.39, 0.29) is 0 Å². The first-order chi connectivity index (χ1) is 9.77. The van der Waals surface area contributed by atoms with Crippen molar-refractivity contribution in [2.75, 3.05) is 5.73 Å². The fraction of sp³-hybridized carbons (Fsp3) is 0.471. The number of rotatable bonds is 2. The smallest absolute Gasteiger partial charge is 0.175 e. The van der Waals surface area contributed by atoms with Crippen molar-refractivity contribution in [3.63, 3.8) is 0 Å². The molecule has 2 aliphatic carbocycles. The molecule has 4 rings (SSSR count). The third kappa shape index (κ3) is 1.69. The topological polar surface area (TPSA) is 52.0 Å². The summed E-state index contributed by atoms with van der Waals surface area (Å²) in [6.45, 7) is 2.12. The van der Waals surface area contributed by atoms with E-state index in [1.54, 1.807) is 0 Å². The molecule has 0 amide bonds. The van der Waals surface area contributed by atoms with Gasteiger partial charge < -0.3 is 10.3 Å². The highest BCUT2D eigenvalue weighted by Crippen LogP contribution is 2.63. The maximum atomic E-state index is 6.09. The minimum absolute atomic E-state index is 0.540. The lowest BCUT2D eigenvalue weighted by atomic mass is 9.98. The van der Waals surface area contributed by atoms with Crippen LogP contribution in [-0.4, -0.2) is 5.16 Å². The van der Waals surface area contributed by atoms with Crippen LogP contribution in [0.25, 0.3) is 11.1 Å². The van der Waals surface area contributed by atoms with Gasteiger partial charge >= 0.3 is 0 Å². The molecule has 2 saturated carbocycles. The van der Waals surface area contributed by atoms with Crippen molar-refractivity contribution < 1.29 is 4.52 Å². The van der Waals surface area contributed by atoms with Gasteiger partial charge in [-0.15, -0.1) is 0 Å². The number of aromatic nitrogens is 1. The Balaban J connectivity index is 1.78. The molecule has 3 nitrogen and oxygen atoms in total. The van der Waals surface area contributed by atoms with Crippen molar-refractivity contribution >= 4 is 5.82 Å². The lowest BCUT2D eigenvalue weighted by Gasteiger charge is -2.05. The van der Waals surface area contributed by atoms with Gasteiger partial charge in [-0.05, 0) is 42.7 Å². The van der Waals surface area contributed by atoms with Crippen molar-refractivity contribution in [3.8, 4) is 11.1 Å². The zero-order valence-corrected chi connectivity index (χ0v) is 11.8. The summed E-state index contributed by atoms with van der Waals surface area (Å²) in [6, 6.07) is 8.34. The average Bonchev–Trinajstić information content (AvgIpc) is 3.08. The van der Waals surface area contributed by atoms with Gasteiger partial charge in [-0.1, -0.05) is 42.3 Å². The molecule has 2 N–H and O–H groups in total. The SMILES string of the molecule is Cc1ccccc1-c1c(N)noc1C1C2CCCCC21. The molecule has 2 aromatic rings. The highest BCUT2D eigenvalue weighted by atomic mass is 16.5. The van der Waals surface area contributed by atoms with Crippen LogP contribution in [0.1, 0.15) is 42.9 Å². The molecule has 0 bridgehead atoms. The second kappa shape index (κ2) is 4.37. The number of aryl methyl sites for hydroxylation is 1. The monoisotopic (exact) mass is 268 g/mol. The maximum absolute atomic E-state index is 6.09. The van der Waals surface area contributed by atoms with Crippen LogP contribution in [0.15, 0.2) is 28.8 Å². The molecule has 0 saturated heterocycles. The van der Waals surface area contributed by atoms with Crippen LogP contribution in [-0.2, 0) is 0 Å². The summed E-state index contributed by atoms with van der Waals surface area (Å²) in [6.07, 6.45) is 5.40. The molecular formula is C17H20N2O. The fourth-order valence-corrected chi connectivity index (χ4v) is 4.05. The number of nitrogens with zero attached hydrogens (tertiary/aromatic N) is 1. The molecular weight excluding hydrogens is 248 g/mol. The van der Waals surface area contributed by atoms with Gasteiger partial charge in [0.2, 0.25) is 0 Å². The second-order valence-corrected chi connectivity index (χ2v) is 6.26. The Kier molecular flexibility index (Phi) is 2.62. The highest BCUT2D eigenvalue weighted by molar-refractivity contribution is 5.78. The number of benzene rings is 1. The average molecular weight is 268 g/mol. The minimum Gasteiger partial charge on any atom is -0.380 e. The van der Waals surface area contributed by atoms with Gasteiger partial charge in [-0.25, -0.2) is 0 Å². The third-order valence-electron chi connectivity index (χ3n) is 5.12. The highest BCUT2D eigenvalue weighted by Gasteiger charge is 2.54. The number of hydrogen-bond donors (Lipinski definition) is 1. The number of nitrogens with two attached hydrogens (primary N) is 1. The lowest BCUT2D eigenvalue weighted by Crippen LogP contribution is -1.92. The predicted molar refractivity (Wildman–Crippen MR) is 79.3 cm³/mol. The third-order valence-corrected chi connectivity index (χ3v) is 5.12. The molecule has 0 spiro atoms. The van der Waals surface area contributed by atoms with E-state index in [1.165, 1.54) is 36.8 Å². The molecule has 2 aliphatic rings. The van der Waals surface area contributed by atoms with Crippen molar-refractivity contribution in [2.45, 2.75) is 38.5 Å². The summed E-state index contributed by atoms with van der Waals surface area (Å²) in [4.78, 5) is 0. The summed E-state index contributed by atoms with van der Waals surface area (Å²) in [5.74, 6) is 3.74. The molecule has 3 heteroatoms. The molecule has 2 atom stereocenters. The number of anilines is 1. The largest absolute Gasteiger partial charge is 0.380 e. The molecule has 0 aliphatic heterocycles. The Hall–Kier alpha value is -1.77. The van der Waals surface area contributed by atoms with E-state index in [4.69, 9.17) is 10.3 Å². The first kappa shape index (κ1) is 12.0.